The molecule has 4 heterocycles. The van der Waals surface area contributed by atoms with Crippen molar-refractivity contribution < 1.29 is 23.0 Å². The van der Waals surface area contributed by atoms with Crippen LogP contribution in [0, 0.1) is 0 Å². The normalized spacial score (nSPS) is 13.9. The van der Waals surface area contributed by atoms with E-state index in [0.717, 1.165) is 0 Å². The van der Waals surface area contributed by atoms with E-state index in [0.29, 0.717) is 49.3 Å². The molecule has 0 saturated carbocycles. The van der Waals surface area contributed by atoms with Crippen LogP contribution in [0.5, 0.6) is 11.6 Å². The van der Waals surface area contributed by atoms with Gasteiger partial charge in [0.05, 0.1) is 45.3 Å². The molecule has 0 unspecified atom stereocenters. The average molecular weight is 485 g/mol. The second-order valence-corrected chi connectivity index (χ2v) is 7.36. The number of rotatable bonds is 7. The molecule has 4 aromatic rings. The molecule has 1 aliphatic rings. The highest BCUT2D eigenvalue weighted by Gasteiger charge is 2.26. The molecule has 0 atom stereocenters. The molecule has 182 valence electrons. The van der Waals surface area contributed by atoms with Crippen LogP contribution in [0.15, 0.2) is 30.6 Å². The van der Waals surface area contributed by atoms with Crippen LogP contribution in [0.2, 0.25) is 0 Å². The van der Waals surface area contributed by atoms with Gasteiger partial charge in [-0.25, -0.2) is 13.8 Å². The van der Waals surface area contributed by atoms with E-state index in [1.807, 2.05) is 4.90 Å². The highest BCUT2D eigenvalue weighted by molar-refractivity contribution is 5.84. The fourth-order valence-electron chi connectivity index (χ4n) is 3.65. The minimum Gasteiger partial charge on any atom is -0.494 e. The fraction of sp³-hybridized carbons (Fsp3) is 0.333. The van der Waals surface area contributed by atoms with Crippen molar-refractivity contribution in [1.29, 1.82) is 0 Å². The summed E-state index contributed by atoms with van der Waals surface area (Å²) in [6, 6.07) is 4.98. The van der Waals surface area contributed by atoms with Crippen molar-refractivity contribution in [2.24, 2.45) is 0 Å². The zero-order valence-corrected chi connectivity index (χ0v) is 18.9. The van der Waals surface area contributed by atoms with Crippen molar-refractivity contribution >= 4 is 28.7 Å². The summed E-state index contributed by atoms with van der Waals surface area (Å²) in [7, 11) is 2.92. The number of morpholine rings is 1. The zero-order valence-electron chi connectivity index (χ0n) is 18.9. The molecule has 35 heavy (non-hydrogen) atoms. The van der Waals surface area contributed by atoms with Crippen LogP contribution in [-0.4, -0.2) is 75.0 Å². The summed E-state index contributed by atoms with van der Waals surface area (Å²) < 4.78 is 45.3. The van der Waals surface area contributed by atoms with Crippen molar-refractivity contribution in [3.8, 4) is 17.6 Å². The monoisotopic (exact) mass is 485 g/mol. The molecular weight excluding hydrogens is 464 g/mol. The molecule has 1 aliphatic heterocycles. The molecule has 1 aromatic carbocycles. The highest BCUT2D eigenvalue weighted by Crippen LogP contribution is 2.32. The van der Waals surface area contributed by atoms with Gasteiger partial charge in [0.25, 0.3) is 6.43 Å². The molecule has 12 nitrogen and oxygen atoms in total. The van der Waals surface area contributed by atoms with Crippen molar-refractivity contribution in [3.05, 3.63) is 36.4 Å². The number of halogens is 2. The second-order valence-electron chi connectivity index (χ2n) is 7.36. The SMILES string of the molecule is COc1cncc(Nc2nc(N3CCOCC3)nc(-n3c(C(F)F)nc4c(OC)cccc43)n2)n1. The molecule has 5 rings (SSSR count). The number of aromatic nitrogens is 7. The van der Waals surface area contributed by atoms with E-state index >= 15 is 0 Å². The van der Waals surface area contributed by atoms with Crippen molar-refractivity contribution in [2.45, 2.75) is 6.43 Å². The minimum absolute atomic E-state index is 0.0362. The number of imidazole rings is 1. The molecule has 0 spiro atoms. The fourth-order valence-corrected chi connectivity index (χ4v) is 3.65. The maximum absolute atomic E-state index is 14.1. The molecule has 14 heteroatoms. The number of nitrogens with zero attached hydrogens (tertiary/aromatic N) is 8. The van der Waals surface area contributed by atoms with Gasteiger partial charge in [0.15, 0.2) is 11.6 Å². The van der Waals surface area contributed by atoms with Crippen LogP contribution in [0.25, 0.3) is 17.0 Å². The maximum Gasteiger partial charge on any atom is 0.296 e. The Kier molecular flexibility index (Phi) is 6.18. The van der Waals surface area contributed by atoms with Crippen LogP contribution < -0.4 is 19.7 Å². The Hall–Kier alpha value is -4.20. The predicted molar refractivity (Wildman–Crippen MR) is 121 cm³/mol. The number of benzene rings is 1. The molecule has 0 aliphatic carbocycles. The van der Waals surface area contributed by atoms with Gasteiger partial charge in [0, 0.05) is 13.1 Å². The summed E-state index contributed by atoms with van der Waals surface area (Å²) in [5, 5.41) is 2.96. The number of alkyl halides is 2. The first-order valence-electron chi connectivity index (χ1n) is 10.6. The number of fused-ring (bicyclic) bond motifs is 1. The van der Waals surface area contributed by atoms with E-state index < -0.39 is 12.2 Å². The van der Waals surface area contributed by atoms with Crippen molar-refractivity contribution in [2.75, 3.05) is 50.7 Å². The van der Waals surface area contributed by atoms with E-state index in [2.05, 4.69) is 35.2 Å². The van der Waals surface area contributed by atoms with E-state index in [1.165, 1.54) is 31.2 Å². The average Bonchev–Trinajstić information content (AvgIpc) is 3.29. The van der Waals surface area contributed by atoms with Gasteiger partial charge in [0.1, 0.15) is 11.3 Å². The van der Waals surface area contributed by atoms with E-state index in [9.17, 15) is 8.78 Å². The highest BCUT2D eigenvalue weighted by atomic mass is 19.3. The number of para-hydroxylation sites is 1. The van der Waals surface area contributed by atoms with Gasteiger partial charge in [-0.2, -0.15) is 19.9 Å². The number of methoxy groups -OCH3 is 2. The lowest BCUT2D eigenvalue weighted by Crippen LogP contribution is -2.37. The lowest BCUT2D eigenvalue weighted by molar-refractivity contribution is 0.122. The standard InChI is InChI=1S/C21H21F2N9O3/c1-33-13-5-3-4-12-16(13)27-18(17(22)23)32(12)21-29-19(26-14-10-24-11-15(25-14)34-2)28-20(30-21)31-6-8-35-9-7-31/h3-5,10-11,17H,6-9H2,1-2H3,(H,25,26,28,29,30). The summed E-state index contributed by atoms with van der Waals surface area (Å²) in [4.78, 5) is 27.8. The van der Waals surface area contributed by atoms with Gasteiger partial charge in [-0.3, -0.25) is 9.55 Å². The number of hydrogen-bond acceptors (Lipinski definition) is 11. The van der Waals surface area contributed by atoms with Crippen LogP contribution in [-0.2, 0) is 4.74 Å². The first-order chi connectivity index (χ1) is 17.1. The summed E-state index contributed by atoms with van der Waals surface area (Å²) in [5.41, 5.74) is 0.637. The lowest BCUT2D eigenvalue weighted by atomic mass is 10.3. The van der Waals surface area contributed by atoms with Gasteiger partial charge in [-0.05, 0) is 12.1 Å². The summed E-state index contributed by atoms with van der Waals surface area (Å²) >= 11 is 0. The third kappa shape index (κ3) is 4.47. The molecule has 0 amide bonds. The topological polar surface area (TPSA) is 125 Å². The predicted octanol–water partition coefficient (Wildman–Crippen LogP) is 2.54. The third-order valence-corrected chi connectivity index (χ3v) is 5.26. The number of nitrogens with one attached hydrogen (secondary N) is 1. The lowest BCUT2D eigenvalue weighted by Gasteiger charge is -2.27. The molecule has 1 N–H and O–H groups in total. The van der Waals surface area contributed by atoms with Gasteiger partial charge in [0.2, 0.25) is 23.7 Å². The third-order valence-electron chi connectivity index (χ3n) is 5.26. The molecule has 3 aromatic heterocycles. The van der Waals surface area contributed by atoms with Gasteiger partial charge in [-0.1, -0.05) is 6.07 Å². The second kappa shape index (κ2) is 9.58. The molecule has 0 bridgehead atoms. The van der Waals surface area contributed by atoms with E-state index in [1.54, 1.807) is 18.2 Å². The van der Waals surface area contributed by atoms with Crippen molar-refractivity contribution in [1.82, 2.24) is 34.5 Å². The number of ether oxygens (including phenoxy) is 3. The van der Waals surface area contributed by atoms with Crippen LogP contribution in [0.1, 0.15) is 12.2 Å². The Balaban J connectivity index is 1.67. The van der Waals surface area contributed by atoms with Gasteiger partial charge in [-0.15, -0.1) is 0 Å². The number of anilines is 3. The first kappa shape index (κ1) is 22.6. The largest absolute Gasteiger partial charge is 0.494 e. The van der Waals surface area contributed by atoms with Crippen LogP contribution >= 0.6 is 0 Å². The molecular formula is C21H21F2N9O3. The van der Waals surface area contributed by atoms with Gasteiger partial charge < -0.3 is 24.4 Å². The Bertz CT molecular complexity index is 1350. The van der Waals surface area contributed by atoms with E-state index in [4.69, 9.17) is 14.2 Å². The van der Waals surface area contributed by atoms with Gasteiger partial charge >= 0.3 is 0 Å². The number of hydrogen-bond donors (Lipinski definition) is 1. The smallest absolute Gasteiger partial charge is 0.296 e. The molecule has 1 saturated heterocycles. The quantitative estimate of drug-likeness (QED) is 0.415. The summed E-state index contributed by atoms with van der Waals surface area (Å²) in [5.74, 6) is 0.772. The summed E-state index contributed by atoms with van der Waals surface area (Å²) in [6.07, 6.45) is 0.0160. The Morgan fingerprint density at radius 3 is 2.51 bits per heavy atom. The minimum atomic E-state index is -2.89. The molecule has 0 radical (unpaired) electrons. The Morgan fingerprint density at radius 1 is 0.971 bits per heavy atom. The van der Waals surface area contributed by atoms with Crippen LogP contribution in [0.4, 0.5) is 26.5 Å². The van der Waals surface area contributed by atoms with Crippen LogP contribution in [0.3, 0.4) is 0 Å². The Labute approximate surface area is 197 Å². The first-order valence-corrected chi connectivity index (χ1v) is 10.6. The zero-order chi connectivity index (χ0) is 24.4. The van der Waals surface area contributed by atoms with E-state index in [-0.39, 0.29) is 23.3 Å². The van der Waals surface area contributed by atoms with Crippen molar-refractivity contribution in [3.63, 3.8) is 0 Å². The summed E-state index contributed by atoms with van der Waals surface area (Å²) in [6.45, 7) is 2.03. The Morgan fingerprint density at radius 2 is 1.77 bits per heavy atom. The maximum atomic E-state index is 14.1. The molecule has 1 fully saturated rings.